The monoisotopic (exact) mass is 308 g/mol. The third-order valence-electron chi connectivity index (χ3n) is 3.95. The largest absolute Gasteiger partial charge is 0.358 e. The number of aromatic amines is 1. The van der Waals surface area contributed by atoms with E-state index in [1.165, 1.54) is 11.1 Å². The molecule has 4 N–H and O–H groups in total. The molecule has 106 valence electrons. The van der Waals surface area contributed by atoms with Crippen molar-refractivity contribution in [1.29, 1.82) is 0 Å². The van der Waals surface area contributed by atoms with E-state index in [4.69, 9.17) is 29.7 Å². The second-order valence-corrected chi connectivity index (χ2v) is 5.99. The van der Waals surface area contributed by atoms with Gasteiger partial charge in [0, 0.05) is 40.6 Å². The lowest BCUT2D eigenvalue weighted by Crippen LogP contribution is -2.46. The highest BCUT2D eigenvalue weighted by atomic mass is 35.5. The lowest BCUT2D eigenvalue weighted by molar-refractivity contribution is 0.308. The summed E-state index contributed by atoms with van der Waals surface area (Å²) in [5.74, 6) is 5.90. The number of benzene rings is 1. The van der Waals surface area contributed by atoms with Crippen LogP contribution in [0, 0.1) is 0 Å². The molecule has 1 aliphatic rings. The Morgan fingerprint density at radius 3 is 2.80 bits per heavy atom. The van der Waals surface area contributed by atoms with E-state index in [2.05, 4.69) is 21.4 Å². The van der Waals surface area contributed by atoms with E-state index in [-0.39, 0.29) is 0 Å². The summed E-state index contributed by atoms with van der Waals surface area (Å²) in [6.45, 7) is 1.87. The Morgan fingerprint density at radius 2 is 2.10 bits per heavy atom. The van der Waals surface area contributed by atoms with Gasteiger partial charge in [-0.2, -0.15) is 0 Å². The van der Waals surface area contributed by atoms with Gasteiger partial charge in [-0.05, 0) is 49.3 Å². The topological polar surface area (TPSA) is 57.1 Å². The minimum atomic E-state index is 0.540. The number of aromatic nitrogens is 1. The summed E-state index contributed by atoms with van der Waals surface area (Å²) in [6, 6.07) is 8.16. The fourth-order valence-electron chi connectivity index (χ4n) is 2.83. The lowest BCUT2D eigenvalue weighted by atomic mass is 9.94. The van der Waals surface area contributed by atoms with Crippen molar-refractivity contribution in [3.8, 4) is 0 Å². The van der Waals surface area contributed by atoms with Crippen molar-refractivity contribution in [1.82, 2.24) is 15.3 Å². The van der Waals surface area contributed by atoms with Crippen LogP contribution in [-0.2, 0) is 0 Å². The summed E-state index contributed by atoms with van der Waals surface area (Å²) in [6.07, 6.45) is 2.14. The van der Waals surface area contributed by atoms with Gasteiger partial charge >= 0.3 is 0 Å². The average molecular weight is 309 g/mol. The maximum absolute atomic E-state index is 6.03. The normalized spacial score (nSPS) is 16.6. The van der Waals surface area contributed by atoms with Gasteiger partial charge in [0.25, 0.3) is 0 Å². The fraction of sp³-hybridized carbons (Fsp3) is 0.357. The first-order valence-corrected chi connectivity index (χ1v) is 7.49. The number of nitrogens with zero attached hydrogens (tertiary/aromatic N) is 1. The van der Waals surface area contributed by atoms with Gasteiger partial charge in [-0.25, -0.2) is 5.84 Å². The third-order valence-corrected chi connectivity index (χ3v) is 4.56. The first-order valence-electron chi connectivity index (χ1n) is 6.71. The summed E-state index contributed by atoms with van der Waals surface area (Å²) in [5.41, 5.74) is 4.98. The number of likely N-dealkylation sites (tertiary alicyclic amines) is 1. The minimum Gasteiger partial charge on any atom is -0.358 e. The van der Waals surface area contributed by atoms with Gasteiger partial charge in [-0.3, -0.25) is 0 Å². The van der Waals surface area contributed by atoms with E-state index in [0.717, 1.165) is 36.5 Å². The number of H-pyrrole nitrogens is 1. The Labute approximate surface area is 128 Å². The molecule has 1 aromatic heterocycles. The first kappa shape index (κ1) is 13.7. The minimum absolute atomic E-state index is 0.540. The van der Waals surface area contributed by atoms with Gasteiger partial charge < -0.3 is 15.3 Å². The fourth-order valence-corrected chi connectivity index (χ4v) is 3.19. The molecule has 0 saturated carbocycles. The van der Waals surface area contributed by atoms with Gasteiger partial charge in [-0.15, -0.1) is 0 Å². The van der Waals surface area contributed by atoms with Crippen LogP contribution in [0.5, 0.6) is 0 Å². The van der Waals surface area contributed by atoms with Gasteiger partial charge in [0.15, 0.2) is 5.11 Å². The van der Waals surface area contributed by atoms with E-state index in [9.17, 15) is 0 Å². The second kappa shape index (κ2) is 5.60. The number of hydrogen-bond acceptors (Lipinski definition) is 2. The maximum Gasteiger partial charge on any atom is 0.183 e. The zero-order valence-electron chi connectivity index (χ0n) is 11.0. The van der Waals surface area contributed by atoms with Crippen molar-refractivity contribution < 1.29 is 0 Å². The van der Waals surface area contributed by atoms with Crippen LogP contribution < -0.4 is 11.3 Å². The molecule has 0 unspecified atom stereocenters. The molecular formula is C14H17ClN4S. The molecule has 1 saturated heterocycles. The Kier molecular flexibility index (Phi) is 3.83. The number of fused-ring (bicyclic) bond motifs is 1. The number of nitrogens with two attached hydrogens (primary N) is 1. The maximum atomic E-state index is 6.03. The van der Waals surface area contributed by atoms with Crippen LogP contribution >= 0.6 is 23.8 Å². The van der Waals surface area contributed by atoms with E-state index < -0.39 is 0 Å². The number of piperidine rings is 1. The van der Waals surface area contributed by atoms with Crippen molar-refractivity contribution in [3.63, 3.8) is 0 Å². The Balaban J connectivity index is 1.75. The molecule has 0 atom stereocenters. The number of nitrogens with one attached hydrogen (secondary N) is 2. The van der Waals surface area contributed by atoms with Gasteiger partial charge in [0.05, 0.1) is 0 Å². The van der Waals surface area contributed by atoms with E-state index in [1.54, 1.807) is 0 Å². The summed E-state index contributed by atoms with van der Waals surface area (Å²) in [5, 5.41) is 2.58. The molecular weight excluding hydrogens is 292 g/mol. The van der Waals surface area contributed by atoms with Gasteiger partial charge in [0.2, 0.25) is 0 Å². The smallest absolute Gasteiger partial charge is 0.183 e. The summed E-state index contributed by atoms with van der Waals surface area (Å²) in [4.78, 5) is 5.62. The molecule has 6 heteroatoms. The van der Waals surface area contributed by atoms with Crippen molar-refractivity contribution in [2.45, 2.75) is 18.8 Å². The van der Waals surface area contributed by atoms with E-state index >= 15 is 0 Å². The Morgan fingerprint density at radius 1 is 1.35 bits per heavy atom. The van der Waals surface area contributed by atoms with E-state index in [1.807, 2.05) is 18.2 Å². The molecule has 1 fully saturated rings. The highest BCUT2D eigenvalue weighted by Crippen LogP contribution is 2.30. The summed E-state index contributed by atoms with van der Waals surface area (Å²) < 4.78 is 0. The SMILES string of the molecule is NNC(=S)N1CCC(c2cc3cc(Cl)ccc3[nH]2)CC1. The Hall–Kier alpha value is -1.30. The number of hydrogen-bond donors (Lipinski definition) is 3. The molecule has 0 bridgehead atoms. The lowest BCUT2D eigenvalue weighted by Gasteiger charge is -2.32. The molecule has 2 heterocycles. The molecule has 2 aromatic rings. The average Bonchev–Trinajstić information content (AvgIpc) is 2.89. The highest BCUT2D eigenvalue weighted by molar-refractivity contribution is 7.80. The van der Waals surface area contributed by atoms with Crippen LogP contribution in [0.3, 0.4) is 0 Å². The molecule has 1 aromatic carbocycles. The zero-order valence-corrected chi connectivity index (χ0v) is 12.6. The molecule has 3 rings (SSSR count). The van der Waals surface area contributed by atoms with Gasteiger partial charge in [0.1, 0.15) is 0 Å². The third kappa shape index (κ3) is 2.61. The number of halogens is 1. The molecule has 4 nitrogen and oxygen atoms in total. The standard InChI is InChI=1S/C14H17ClN4S/c15-11-1-2-12-10(7-11)8-13(17-12)9-3-5-19(6-4-9)14(20)18-16/h1-2,7-9,17H,3-6,16H2,(H,18,20). The molecule has 0 radical (unpaired) electrons. The second-order valence-electron chi connectivity index (χ2n) is 5.17. The van der Waals surface area contributed by atoms with Crippen LogP contribution in [0.2, 0.25) is 5.02 Å². The van der Waals surface area contributed by atoms with Crippen LogP contribution in [0.4, 0.5) is 0 Å². The Bertz CT molecular complexity index is 631. The van der Waals surface area contributed by atoms with Crippen molar-refractivity contribution in [2.24, 2.45) is 5.84 Å². The van der Waals surface area contributed by atoms with E-state index in [0.29, 0.717) is 11.0 Å². The van der Waals surface area contributed by atoms with Crippen LogP contribution in [0.1, 0.15) is 24.5 Å². The van der Waals surface area contributed by atoms with Crippen LogP contribution in [0.25, 0.3) is 10.9 Å². The van der Waals surface area contributed by atoms with Crippen LogP contribution in [0.15, 0.2) is 24.3 Å². The van der Waals surface area contributed by atoms with Crippen molar-refractivity contribution in [2.75, 3.05) is 13.1 Å². The molecule has 0 amide bonds. The quantitative estimate of drug-likeness (QED) is 0.431. The number of thiocarbonyl (C=S) groups is 1. The van der Waals surface area contributed by atoms with Crippen molar-refractivity contribution in [3.05, 3.63) is 35.0 Å². The highest BCUT2D eigenvalue weighted by Gasteiger charge is 2.23. The van der Waals surface area contributed by atoms with Crippen molar-refractivity contribution >= 4 is 39.8 Å². The van der Waals surface area contributed by atoms with Gasteiger partial charge in [-0.1, -0.05) is 11.6 Å². The predicted molar refractivity (Wildman–Crippen MR) is 86.8 cm³/mol. The number of rotatable bonds is 1. The number of hydrazine groups is 1. The zero-order chi connectivity index (χ0) is 14.1. The predicted octanol–water partition coefficient (Wildman–Crippen LogP) is 2.75. The molecule has 1 aliphatic heterocycles. The molecule has 0 aliphatic carbocycles. The summed E-state index contributed by atoms with van der Waals surface area (Å²) >= 11 is 11.2. The van der Waals surface area contributed by atoms with Crippen LogP contribution in [-0.4, -0.2) is 28.1 Å². The summed E-state index contributed by atoms with van der Waals surface area (Å²) in [7, 11) is 0. The molecule has 20 heavy (non-hydrogen) atoms. The first-order chi connectivity index (χ1) is 9.67. The molecule has 0 spiro atoms.